The van der Waals surface area contributed by atoms with Crippen LogP contribution < -0.4 is 5.32 Å². The summed E-state index contributed by atoms with van der Waals surface area (Å²) < 4.78 is 59.6. The maximum Gasteiger partial charge on any atom is 0.305 e. The van der Waals surface area contributed by atoms with E-state index in [1.165, 1.54) is 25.7 Å². The Morgan fingerprint density at radius 1 is 0.400 bits per heavy atom. The number of nitrogens with one attached hydrogen (secondary N) is 1. The molecule has 0 spiro atoms. The van der Waals surface area contributed by atoms with Crippen LogP contribution in [-0.4, -0.2) is 158 Å². The summed E-state index contributed by atoms with van der Waals surface area (Å²) >= 11 is 0. The lowest BCUT2D eigenvalue weighted by Gasteiger charge is -2.09. The Kier molecular flexibility index (Phi) is 40.2. The largest absolute Gasteiger partial charge is 0.463 e. The summed E-state index contributed by atoms with van der Waals surface area (Å²) in [5.74, 6) is -0.142. The summed E-state index contributed by atoms with van der Waals surface area (Å²) in [6, 6.07) is 0. The third-order valence-corrected chi connectivity index (χ3v) is 6.07. The fourth-order valence-electron chi connectivity index (χ4n) is 3.59. The number of carbonyl (C=O) groups excluding carboxylic acids is 1. The van der Waals surface area contributed by atoms with Crippen LogP contribution in [0.25, 0.3) is 0 Å². The highest BCUT2D eigenvalue weighted by molar-refractivity contribution is 5.69. The summed E-state index contributed by atoms with van der Waals surface area (Å²) in [4.78, 5) is 11.7. The molecular formula is C32H65NO12. The molecular weight excluding hydrogens is 590 g/mol. The summed E-state index contributed by atoms with van der Waals surface area (Å²) in [5, 5.41) is 3.02. The molecule has 0 saturated carbocycles. The number of ether oxygens (including phenoxy) is 11. The first-order valence-corrected chi connectivity index (χ1v) is 16.9. The van der Waals surface area contributed by atoms with E-state index >= 15 is 0 Å². The predicted octanol–water partition coefficient (Wildman–Crippen LogP) is 2.67. The van der Waals surface area contributed by atoms with E-state index in [-0.39, 0.29) is 12.6 Å². The first-order chi connectivity index (χ1) is 22.3. The number of likely N-dealkylation sites (N-methyl/N-ethyl adjacent to an activating group) is 1. The van der Waals surface area contributed by atoms with Crippen molar-refractivity contribution in [3.8, 4) is 0 Å². The molecule has 0 heterocycles. The Morgan fingerprint density at radius 2 is 0.689 bits per heavy atom. The zero-order valence-electron chi connectivity index (χ0n) is 28.4. The van der Waals surface area contributed by atoms with Gasteiger partial charge in [-0.25, -0.2) is 0 Å². The smallest absolute Gasteiger partial charge is 0.305 e. The lowest BCUT2D eigenvalue weighted by Crippen LogP contribution is -2.17. The highest BCUT2D eigenvalue weighted by Gasteiger charge is 2.02. The maximum atomic E-state index is 11.7. The lowest BCUT2D eigenvalue weighted by atomic mass is 10.1. The molecule has 13 heteroatoms. The number of unbranched alkanes of at least 4 members (excludes halogenated alkanes) is 5. The fraction of sp³-hybridized carbons (Fsp3) is 0.969. The number of hydrogen-bond donors (Lipinski definition) is 1. The molecule has 0 aromatic carbocycles. The molecule has 0 atom stereocenters. The van der Waals surface area contributed by atoms with Crippen molar-refractivity contribution in [3.05, 3.63) is 0 Å². The van der Waals surface area contributed by atoms with Gasteiger partial charge in [-0.05, 0) is 13.5 Å². The van der Waals surface area contributed by atoms with Gasteiger partial charge in [-0.15, -0.1) is 0 Å². The summed E-state index contributed by atoms with van der Waals surface area (Å²) in [7, 11) is 1.89. The fourth-order valence-corrected chi connectivity index (χ4v) is 3.59. The minimum absolute atomic E-state index is 0.142. The second-order valence-electron chi connectivity index (χ2n) is 9.97. The van der Waals surface area contributed by atoms with Gasteiger partial charge in [-0.3, -0.25) is 4.79 Å². The summed E-state index contributed by atoms with van der Waals surface area (Å²) in [6.07, 6.45) is 7.43. The van der Waals surface area contributed by atoms with Crippen molar-refractivity contribution in [1.82, 2.24) is 5.32 Å². The lowest BCUT2D eigenvalue weighted by molar-refractivity contribution is -0.145. The third-order valence-electron chi connectivity index (χ3n) is 6.07. The van der Waals surface area contributed by atoms with Gasteiger partial charge in [-0.1, -0.05) is 39.0 Å². The quantitative estimate of drug-likeness (QED) is 0.0768. The van der Waals surface area contributed by atoms with Gasteiger partial charge in [0.25, 0.3) is 0 Å². The average molecular weight is 656 g/mol. The average Bonchev–Trinajstić information content (AvgIpc) is 3.05. The molecule has 0 aliphatic heterocycles. The van der Waals surface area contributed by atoms with Gasteiger partial charge in [0.05, 0.1) is 132 Å². The molecule has 45 heavy (non-hydrogen) atoms. The van der Waals surface area contributed by atoms with Gasteiger partial charge < -0.3 is 57.4 Å². The Bertz CT molecular complexity index is 562. The SMILES string of the molecule is CCCCCCCCC(=O)OCCOCCOCCOCCOCCOCCOCCOCCOCCOCCOCCNC. The van der Waals surface area contributed by atoms with Gasteiger partial charge in [0.15, 0.2) is 0 Å². The summed E-state index contributed by atoms with van der Waals surface area (Å²) in [5.41, 5.74) is 0. The molecule has 0 aromatic rings. The molecule has 270 valence electrons. The molecule has 0 unspecified atom stereocenters. The van der Waals surface area contributed by atoms with Crippen LogP contribution in [0.15, 0.2) is 0 Å². The monoisotopic (exact) mass is 655 g/mol. The van der Waals surface area contributed by atoms with E-state index < -0.39 is 0 Å². The normalized spacial score (nSPS) is 11.4. The molecule has 1 N–H and O–H groups in total. The zero-order chi connectivity index (χ0) is 32.6. The van der Waals surface area contributed by atoms with E-state index in [0.717, 1.165) is 19.4 Å². The molecule has 0 bridgehead atoms. The first-order valence-electron chi connectivity index (χ1n) is 16.9. The molecule has 0 amide bonds. The minimum Gasteiger partial charge on any atom is -0.463 e. The van der Waals surface area contributed by atoms with Gasteiger partial charge >= 0.3 is 5.97 Å². The van der Waals surface area contributed by atoms with Crippen LogP contribution in [-0.2, 0) is 56.9 Å². The van der Waals surface area contributed by atoms with Crippen molar-refractivity contribution >= 4 is 5.97 Å². The Labute approximate surface area is 272 Å². The highest BCUT2D eigenvalue weighted by Crippen LogP contribution is 2.07. The molecule has 13 nitrogen and oxygen atoms in total. The van der Waals surface area contributed by atoms with Crippen LogP contribution in [0, 0.1) is 0 Å². The van der Waals surface area contributed by atoms with Crippen LogP contribution in [0.1, 0.15) is 51.9 Å². The Balaban J connectivity index is 3.09. The van der Waals surface area contributed by atoms with Crippen molar-refractivity contribution < 1.29 is 56.9 Å². The van der Waals surface area contributed by atoms with E-state index in [1.54, 1.807) is 0 Å². The minimum atomic E-state index is -0.142. The Morgan fingerprint density at radius 3 is 1.02 bits per heavy atom. The number of hydrogen-bond acceptors (Lipinski definition) is 13. The van der Waals surface area contributed by atoms with Crippen LogP contribution in [0.3, 0.4) is 0 Å². The number of rotatable bonds is 40. The third kappa shape index (κ3) is 41.0. The van der Waals surface area contributed by atoms with Crippen LogP contribution in [0.4, 0.5) is 0 Å². The molecule has 0 saturated heterocycles. The van der Waals surface area contributed by atoms with E-state index in [9.17, 15) is 4.79 Å². The molecule has 0 rings (SSSR count). The molecule has 0 aliphatic rings. The van der Waals surface area contributed by atoms with Gasteiger partial charge in [0.1, 0.15) is 6.61 Å². The second-order valence-corrected chi connectivity index (χ2v) is 9.97. The van der Waals surface area contributed by atoms with Crippen molar-refractivity contribution in [2.45, 2.75) is 51.9 Å². The highest BCUT2D eigenvalue weighted by atomic mass is 16.6. The molecule has 0 fully saturated rings. The number of esters is 1. The van der Waals surface area contributed by atoms with Crippen LogP contribution in [0.5, 0.6) is 0 Å². The molecule has 0 radical (unpaired) electrons. The van der Waals surface area contributed by atoms with E-state index in [1.807, 2.05) is 7.05 Å². The molecule has 0 aromatic heterocycles. The van der Waals surface area contributed by atoms with Crippen molar-refractivity contribution in [2.24, 2.45) is 0 Å². The topological polar surface area (TPSA) is 131 Å². The Hall–Kier alpha value is -0.970. The molecule has 0 aliphatic carbocycles. The summed E-state index contributed by atoms with van der Waals surface area (Å²) in [6.45, 7) is 13.7. The van der Waals surface area contributed by atoms with Gasteiger partial charge in [0, 0.05) is 13.0 Å². The standard InChI is InChI=1S/C32H65NO12/c1-3-4-5-6-7-8-9-32(34)45-31-30-44-29-28-43-27-26-42-25-24-41-23-22-40-21-20-39-19-18-38-17-16-37-15-14-36-13-12-35-11-10-33-2/h33H,3-31H2,1-2H3. The van der Waals surface area contributed by atoms with Crippen molar-refractivity contribution in [3.63, 3.8) is 0 Å². The van der Waals surface area contributed by atoms with E-state index in [4.69, 9.17) is 52.1 Å². The van der Waals surface area contributed by atoms with Gasteiger partial charge in [-0.2, -0.15) is 0 Å². The van der Waals surface area contributed by atoms with Crippen molar-refractivity contribution in [1.29, 1.82) is 0 Å². The van der Waals surface area contributed by atoms with Crippen molar-refractivity contribution in [2.75, 3.05) is 152 Å². The van der Waals surface area contributed by atoms with E-state index in [2.05, 4.69) is 12.2 Å². The maximum absolute atomic E-state index is 11.7. The second kappa shape index (κ2) is 41.1. The number of carbonyl (C=O) groups is 1. The zero-order valence-corrected chi connectivity index (χ0v) is 28.4. The van der Waals surface area contributed by atoms with Crippen LogP contribution >= 0.6 is 0 Å². The van der Waals surface area contributed by atoms with Gasteiger partial charge in [0.2, 0.25) is 0 Å². The van der Waals surface area contributed by atoms with E-state index in [0.29, 0.717) is 139 Å². The first kappa shape index (κ1) is 44.0. The predicted molar refractivity (Wildman–Crippen MR) is 171 cm³/mol. The van der Waals surface area contributed by atoms with Crippen LogP contribution in [0.2, 0.25) is 0 Å².